The predicted molar refractivity (Wildman–Crippen MR) is 100 cm³/mol. The van der Waals surface area contributed by atoms with Gasteiger partial charge in [-0.3, -0.25) is 0 Å². The molecule has 0 atom stereocenters. The molecule has 3 aromatic rings. The Morgan fingerprint density at radius 3 is 2.48 bits per heavy atom. The predicted octanol–water partition coefficient (Wildman–Crippen LogP) is 4.96. The second-order valence-corrected chi connectivity index (χ2v) is 7.35. The minimum Gasteiger partial charge on any atom is -0.220 e. The molecule has 0 saturated carbocycles. The zero-order valence-electron chi connectivity index (χ0n) is 13.7. The lowest BCUT2D eigenvalue weighted by Crippen LogP contribution is -2.11. The number of rotatable bonds is 3. The molecule has 0 aliphatic heterocycles. The topological polar surface area (TPSA) is 29.6 Å². The Kier molecular flexibility index (Phi) is 4.59. The van der Waals surface area contributed by atoms with E-state index in [0.717, 1.165) is 16.2 Å². The summed E-state index contributed by atoms with van der Waals surface area (Å²) in [5, 5.41) is 8.79. The SMILES string of the molecule is Cc1ccc(N=c2scc(C)n2N=Cc2sccc2C)cc1C. The van der Waals surface area contributed by atoms with Crippen LogP contribution in [0.5, 0.6) is 0 Å². The van der Waals surface area contributed by atoms with Gasteiger partial charge in [-0.2, -0.15) is 5.10 Å². The molecule has 2 heterocycles. The average Bonchev–Trinajstić information content (AvgIpc) is 3.08. The number of thiazole rings is 1. The zero-order chi connectivity index (χ0) is 16.4. The average molecular weight is 342 g/mol. The number of nitrogens with zero attached hydrogens (tertiary/aromatic N) is 3. The number of benzene rings is 1. The van der Waals surface area contributed by atoms with Gasteiger partial charge in [0.15, 0.2) is 0 Å². The number of aryl methyl sites for hydroxylation is 4. The van der Waals surface area contributed by atoms with E-state index in [1.165, 1.54) is 21.6 Å². The van der Waals surface area contributed by atoms with Crippen molar-refractivity contribution in [3.05, 3.63) is 67.1 Å². The van der Waals surface area contributed by atoms with Crippen molar-refractivity contribution < 1.29 is 0 Å². The molecule has 2 aromatic heterocycles. The Labute approximate surface area is 144 Å². The highest BCUT2D eigenvalue weighted by Gasteiger charge is 2.02. The van der Waals surface area contributed by atoms with Gasteiger partial charge in [-0.1, -0.05) is 6.07 Å². The van der Waals surface area contributed by atoms with Crippen LogP contribution in [0.3, 0.4) is 0 Å². The standard InChI is InChI=1S/C18H19N3S2/c1-12-5-6-16(9-14(12)3)20-18-21(15(4)11-23-18)19-10-17-13(2)7-8-22-17/h5-11H,1-4H3. The van der Waals surface area contributed by atoms with Crippen molar-refractivity contribution in [3.8, 4) is 0 Å². The largest absolute Gasteiger partial charge is 0.220 e. The molecule has 3 nitrogen and oxygen atoms in total. The Morgan fingerprint density at radius 1 is 0.957 bits per heavy atom. The lowest BCUT2D eigenvalue weighted by atomic mass is 10.1. The summed E-state index contributed by atoms with van der Waals surface area (Å²) in [6.07, 6.45) is 1.92. The maximum atomic E-state index is 4.76. The molecule has 1 aromatic carbocycles. The van der Waals surface area contributed by atoms with Crippen LogP contribution >= 0.6 is 22.7 Å². The van der Waals surface area contributed by atoms with Gasteiger partial charge in [0.05, 0.1) is 22.5 Å². The van der Waals surface area contributed by atoms with Gasteiger partial charge in [-0.25, -0.2) is 9.67 Å². The lowest BCUT2D eigenvalue weighted by molar-refractivity contribution is 0.810. The van der Waals surface area contributed by atoms with Crippen LogP contribution in [-0.4, -0.2) is 10.9 Å². The van der Waals surface area contributed by atoms with Crippen LogP contribution in [0, 0.1) is 27.7 Å². The first kappa shape index (κ1) is 15.9. The van der Waals surface area contributed by atoms with Crippen molar-refractivity contribution in [2.75, 3.05) is 0 Å². The summed E-state index contributed by atoms with van der Waals surface area (Å²) >= 11 is 3.31. The van der Waals surface area contributed by atoms with E-state index in [1.54, 1.807) is 22.7 Å². The summed E-state index contributed by atoms with van der Waals surface area (Å²) in [6.45, 7) is 8.37. The molecule has 23 heavy (non-hydrogen) atoms. The molecular weight excluding hydrogens is 322 g/mol. The normalized spacial score (nSPS) is 12.4. The van der Waals surface area contributed by atoms with E-state index in [0.29, 0.717) is 0 Å². The van der Waals surface area contributed by atoms with Crippen molar-refractivity contribution >= 4 is 34.6 Å². The van der Waals surface area contributed by atoms with Crippen LogP contribution < -0.4 is 4.80 Å². The van der Waals surface area contributed by atoms with Crippen molar-refractivity contribution in [1.82, 2.24) is 4.68 Å². The Hall–Kier alpha value is -1.98. The number of hydrogen-bond acceptors (Lipinski definition) is 4. The molecule has 118 valence electrons. The fourth-order valence-electron chi connectivity index (χ4n) is 2.14. The van der Waals surface area contributed by atoms with E-state index in [-0.39, 0.29) is 0 Å². The molecule has 0 fully saturated rings. The highest BCUT2D eigenvalue weighted by molar-refractivity contribution is 7.11. The zero-order valence-corrected chi connectivity index (χ0v) is 15.3. The maximum absolute atomic E-state index is 4.76. The van der Waals surface area contributed by atoms with E-state index in [1.807, 2.05) is 10.9 Å². The summed E-state index contributed by atoms with van der Waals surface area (Å²) in [4.78, 5) is 6.82. The highest BCUT2D eigenvalue weighted by Crippen LogP contribution is 2.17. The van der Waals surface area contributed by atoms with Crippen LogP contribution in [0.4, 0.5) is 5.69 Å². The molecule has 0 radical (unpaired) electrons. The summed E-state index contributed by atoms with van der Waals surface area (Å²) < 4.78 is 1.90. The van der Waals surface area contributed by atoms with Crippen molar-refractivity contribution in [1.29, 1.82) is 0 Å². The molecule has 0 bridgehead atoms. The fraction of sp³-hybridized carbons (Fsp3) is 0.222. The van der Waals surface area contributed by atoms with Gasteiger partial charge in [0.25, 0.3) is 0 Å². The van der Waals surface area contributed by atoms with Gasteiger partial charge in [0, 0.05) is 5.38 Å². The first-order valence-corrected chi connectivity index (χ1v) is 9.18. The minimum atomic E-state index is 0.885. The summed E-state index contributed by atoms with van der Waals surface area (Å²) in [6, 6.07) is 8.38. The molecule has 0 N–H and O–H groups in total. The van der Waals surface area contributed by atoms with E-state index >= 15 is 0 Å². The smallest absolute Gasteiger partial charge is 0.211 e. The summed E-state index contributed by atoms with van der Waals surface area (Å²) in [7, 11) is 0. The maximum Gasteiger partial charge on any atom is 0.211 e. The van der Waals surface area contributed by atoms with Gasteiger partial charge in [0.1, 0.15) is 0 Å². The summed E-state index contributed by atoms with van der Waals surface area (Å²) in [5.74, 6) is 0. The molecule has 0 amide bonds. The number of aromatic nitrogens is 1. The molecule has 0 saturated heterocycles. The molecule has 0 aliphatic carbocycles. The van der Waals surface area contributed by atoms with E-state index < -0.39 is 0 Å². The van der Waals surface area contributed by atoms with Crippen LogP contribution in [0.25, 0.3) is 0 Å². The minimum absolute atomic E-state index is 0.885. The quantitative estimate of drug-likeness (QED) is 0.603. The molecule has 0 unspecified atom stereocenters. The molecule has 0 spiro atoms. The van der Waals surface area contributed by atoms with Gasteiger partial charge in [0.2, 0.25) is 4.80 Å². The van der Waals surface area contributed by atoms with Crippen molar-refractivity contribution in [2.45, 2.75) is 27.7 Å². The van der Waals surface area contributed by atoms with Crippen LogP contribution in [-0.2, 0) is 0 Å². The third kappa shape index (κ3) is 3.51. The second-order valence-electron chi connectivity index (χ2n) is 5.56. The first-order valence-electron chi connectivity index (χ1n) is 7.42. The van der Waals surface area contributed by atoms with Crippen LogP contribution in [0.15, 0.2) is 45.1 Å². The molecule has 0 aliphatic rings. The van der Waals surface area contributed by atoms with Crippen LogP contribution in [0.2, 0.25) is 0 Å². The Morgan fingerprint density at radius 2 is 1.78 bits per heavy atom. The molecular formula is C18H19N3S2. The second kappa shape index (κ2) is 6.64. The van der Waals surface area contributed by atoms with E-state index in [4.69, 9.17) is 4.99 Å². The van der Waals surface area contributed by atoms with E-state index in [9.17, 15) is 0 Å². The number of hydrogen-bond donors (Lipinski definition) is 0. The highest BCUT2D eigenvalue weighted by atomic mass is 32.1. The fourth-order valence-corrected chi connectivity index (χ4v) is 3.74. The lowest BCUT2D eigenvalue weighted by Gasteiger charge is -2.01. The number of thiophene rings is 1. The monoisotopic (exact) mass is 341 g/mol. The van der Waals surface area contributed by atoms with Crippen LogP contribution in [0.1, 0.15) is 27.3 Å². The van der Waals surface area contributed by atoms with Gasteiger partial charge in [-0.15, -0.1) is 22.7 Å². The van der Waals surface area contributed by atoms with Crippen molar-refractivity contribution in [2.24, 2.45) is 10.1 Å². The van der Waals surface area contributed by atoms with Gasteiger partial charge < -0.3 is 0 Å². The Balaban J connectivity index is 2.01. The first-order chi connectivity index (χ1) is 11.0. The van der Waals surface area contributed by atoms with E-state index in [2.05, 4.69) is 67.8 Å². The summed E-state index contributed by atoms with van der Waals surface area (Å²) in [5.41, 5.74) is 5.84. The van der Waals surface area contributed by atoms with Crippen molar-refractivity contribution in [3.63, 3.8) is 0 Å². The Bertz CT molecular complexity index is 926. The van der Waals surface area contributed by atoms with Gasteiger partial charge in [-0.05, 0) is 68.0 Å². The third-order valence-corrected chi connectivity index (χ3v) is 5.65. The van der Waals surface area contributed by atoms with Gasteiger partial charge >= 0.3 is 0 Å². The molecule has 3 rings (SSSR count). The molecule has 5 heteroatoms. The third-order valence-electron chi connectivity index (χ3n) is 3.76.